The number of aliphatic carboxylic acids is 1. The molecule has 0 aliphatic carbocycles. The number of carboxylic acids is 1. The van der Waals surface area contributed by atoms with Crippen molar-refractivity contribution in [3.63, 3.8) is 0 Å². The van der Waals surface area contributed by atoms with E-state index in [4.69, 9.17) is 9.84 Å². The normalized spacial score (nSPS) is 13.2. The van der Waals surface area contributed by atoms with Crippen LogP contribution in [-0.4, -0.2) is 47.0 Å². The summed E-state index contributed by atoms with van der Waals surface area (Å²) < 4.78 is 5.74. The maximum Gasteiger partial charge on any atom is 0.323 e. The van der Waals surface area contributed by atoms with Gasteiger partial charge in [-0.1, -0.05) is 0 Å². The summed E-state index contributed by atoms with van der Waals surface area (Å²) in [4.78, 5) is 36.0. The van der Waals surface area contributed by atoms with Crippen LogP contribution in [0.3, 0.4) is 0 Å². The van der Waals surface area contributed by atoms with Crippen LogP contribution in [0.2, 0.25) is 0 Å². The molecule has 0 fully saturated rings. The van der Waals surface area contributed by atoms with Gasteiger partial charge < -0.3 is 20.1 Å². The average Bonchev–Trinajstić information content (AvgIpc) is 2.42. The summed E-state index contributed by atoms with van der Waals surface area (Å²) in [7, 11) is 0. The highest BCUT2D eigenvalue weighted by Gasteiger charge is 2.26. The van der Waals surface area contributed by atoms with Crippen molar-refractivity contribution in [2.24, 2.45) is 0 Å². The van der Waals surface area contributed by atoms with Crippen molar-refractivity contribution in [2.45, 2.75) is 19.9 Å². The van der Waals surface area contributed by atoms with Crippen LogP contribution in [0.1, 0.15) is 24.2 Å². The highest BCUT2D eigenvalue weighted by atomic mass is 79.9. The largest absolute Gasteiger partial charge is 0.482 e. The number of fused-ring (bicyclic) bond motifs is 1. The molecule has 0 aromatic heterocycles. The van der Waals surface area contributed by atoms with Crippen molar-refractivity contribution < 1.29 is 24.2 Å². The Labute approximate surface area is 135 Å². The van der Waals surface area contributed by atoms with Crippen LogP contribution < -0.4 is 10.1 Å². The predicted molar refractivity (Wildman–Crippen MR) is 82.1 cm³/mol. The van der Waals surface area contributed by atoms with Crippen LogP contribution in [0.15, 0.2) is 16.6 Å². The minimum absolute atomic E-state index is 0.120. The molecular formula is C14H15BrN2O5. The van der Waals surface area contributed by atoms with E-state index in [1.165, 1.54) is 11.0 Å². The Morgan fingerprint density at radius 1 is 1.45 bits per heavy atom. The highest BCUT2D eigenvalue weighted by Crippen LogP contribution is 2.34. The van der Waals surface area contributed by atoms with Crippen molar-refractivity contribution in [1.82, 2.24) is 4.90 Å². The van der Waals surface area contributed by atoms with Crippen LogP contribution in [0.4, 0.5) is 5.69 Å². The standard InChI is InChI=1S/C14H15BrN2O5/c1-7(2)17(5-13(19)20)14(21)8-3-11-10(4-9(8)15)16-12(18)6-22-11/h3-4,7H,5-6H2,1-2H3,(H,16,18)(H,19,20). The molecule has 1 aromatic carbocycles. The molecule has 0 radical (unpaired) electrons. The van der Waals surface area contributed by atoms with Gasteiger partial charge in [-0.3, -0.25) is 14.4 Å². The second-order valence-corrected chi connectivity index (χ2v) is 5.94. The number of nitrogens with one attached hydrogen (secondary N) is 1. The van der Waals surface area contributed by atoms with Gasteiger partial charge in [0.25, 0.3) is 11.8 Å². The van der Waals surface area contributed by atoms with Gasteiger partial charge in [0.15, 0.2) is 6.61 Å². The maximum atomic E-state index is 12.6. The zero-order valence-electron chi connectivity index (χ0n) is 12.1. The first-order valence-electron chi connectivity index (χ1n) is 6.58. The second-order valence-electron chi connectivity index (χ2n) is 5.09. The van der Waals surface area contributed by atoms with Crippen molar-refractivity contribution >= 4 is 39.4 Å². The molecule has 0 bridgehead atoms. The minimum atomic E-state index is -1.08. The van der Waals surface area contributed by atoms with E-state index in [1.54, 1.807) is 19.9 Å². The first kappa shape index (κ1) is 16.3. The van der Waals surface area contributed by atoms with Crippen molar-refractivity contribution in [3.8, 4) is 5.75 Å². The lowest BCUT2D eigenvalue weighted by Crippen LogP contribution is -2.40. The molecule has 0 saturated carbocycles. The number of benzene rings is 1. The molecule has 2 amide bonds. The number of anilines is 1. The SMILES string of the molecule is CC(C)N(CC(=O)O)C(=O)c1cc2c(cc1Br)NC(=O)CO2. The summed E-state index contributed by atoms with van der Waals surface area (Å²) in [5, 5.41) is 11.6. The predicted octanol–water partition coefficient (Wildman–Crippen LogP) is 1.72. The molecule has 1 aliphatic heterocycles. The van der Waals surface area contributed by atoms with Gasteiger partial charge in [-0.2, -0.15) is 0 Å². The smallest absolute Gasteiger partial charge is 0.323 e. The van der Waals surface area contributed by atoms with Crippen LogP contribution in [0.5, 0.6) is 5.75 Å². The lowest BCUT2D eigenvalue weighted by molar-refractivity contribution is -0.138. The molecule has 22 heavy (non-hydrogen) atoms. The third-order valence-electron chi connectivity index (χ3n) is 3.12. The molecule has 0 unspecified atom stereocenters. The summed E-state index contributed by atoms with van der Waals surface area (Å²) in [6.45, 7) is 2.97. The van der Waals surface area contributed by atoms with E-state index in [0.717, 1.165) is 0 Å². The number of amides is 2. The van der Waals surface area contributed by atoms with E-state index in [-0.39, 0.29) is 24.1 Å². The Kier molecular flexibility index (Phi) is 4.70. The molecule has 0 saturated heterocycles. The van der Waals surface area contributed by atoms with Crippen LogP contribution >= 0.6 is 15.9 Å². The molecule has 0 atom stereocenters. The number of ether oxygens (including phenoxy) is 1. The van der Waals surface area contributed by atoms with Gasteiger partial charge in [-0.15, -0.1) is 0 Å². The van der Waals surface area contributed by atoms with Gasteiger partial charge in [0.05, 0.1) is 11.3 Å². The molecule has 118 valence electrons. The molecule has 1 aliphatic rings. The molecule has 1 aromatic rings. The van der Waals surface area contributed by atoms with Gasteiger partial charge >= 0.3 is 5.97 Å². The van der Waals surface area contributed by atoms with Gasteiger partial charge in [0.2, 0.25) is 0 Å². The van der Waals surface area contributed by atoms with Crippen LogP contribution in [-0.2, 0) is 9.59 Å². The summed E-state index contributed by atoms with van der Waals surface area (Å²) in [5.74, 6) is -1.40. The monoisotopic (exact) mass is 370 g/mol. The minimum Gasteiger partial charge on any atom is -0.482 e. The number of halogens is 1. The average molecular weight is 371 g/mol. The number of carbonyl (C=O) groups excluding carboxylic acids is 2. The van der Waals surface area contributed by atoms with Crippen molar-refractivity contribution in [3.05, 3.63) is 22.2 Å². The Morgan fingerprint density at radius 2 is 2.14 bits per heavy atom. The number of nitrogens with zero attached hydrogens (tertiary/aromatic N) is 1. The molecule has 7 nitrogen and oxygen atoms in total. The number of carboxylic acid groups (broad SMARTS) is 1. The van der Waals surface area contributed by atoms with Gasteiger partial charge in [-0.25, -0.2) is 0 Å². The van der Waals surface area contributed by atoms with E-state index in [9.17, 15) is 14.4 Å². The Morgan fingerprint density at radius 3 is 2.73 bits per heavy atom. The quantitative estimate of drug-likeness (QED) is 0.840. The molecule has 2 rings (SSSR count). The van der Waals surface area contributed by atoms with Crippen molar-refractivity contribution in [2.75, 3.05) is 18.5 Å². The van der Waals surface area contributed by atoms with Crippen LogP contribution in [0, 0.1) is 0 Å². The highest BCUT2D eigenvalue weighted by molar-refractivity contribution is 9.10. The Hall–Kier alpha value is -2.09. The summed E-state index contributed by atoms with van der Waals surface area (Å²) in [5.41, 5.74) is 0.749. The Bertz CT molecular complexity index is 644. The number of hydrogen-bond donors (Lipinski definition) is 2. The first-order chi connectivity index (χ1) is 10.3. The third-order valence-corrected chi connectivity index (χ3v) is 3.78. The lowest BCUT2D eigenvalue weighted by atomic mass is 10.1. The fourth-order valence-corrected chi connectivity index (χ4v) is 2.57. The summed E-state index contributed by atoms with van der Waals surface area (Å²) in [6, 6.07) is 2.80. The van der Waals surface area contributed by atoms with E-state index in [2.05, 4.69) is 21.2 Å². The zero-order chi connectivity index (χ0) is 16.4. The topological polar surface area (TPSA) is 95.9 Å². The van der Waals surface area contributed by atoms with E-state index >= 15 is 0 Å². The molecular weight excluding hydrogens is 356 g/mol. The second kappa shape index (κ2) is 6.35. The number of hydrogen-bond acceptors (Lipinski definition) is 4. The van der Waals surface area contributed by atoms with Gasteiger partial charge in [0.1, 0.15) is 12.3 Å². The van der Waals surface area contributed by atoms with Gasteiger partial charge in [0, 0.05) is 10.5 Å². The van der Waals surface area contributed by atoms with Gasteiger partial charge in [-0.05, 0) is 41.9 Å². The molecule has 2 N–H and O–H groups in total. The Balaban J connectivity index is 2.37. The zero-order valence-corrected chi connectivity index (χ0v) is 13.6. The van der Waals surface area contributed by atoms with E-state index in [1.807, 2.05) is 0 Å². The number of carbonyl (C=O) groups is 3. The van der Waals surface area contributed by atoms with Crippen molar-refractivity contribution in [1.29, 1.82) is 0 Å². The summed E-state index contributed by atoms with van der Waals surface area (Å²) in [6.07, 6.45) is 0. The van der Waals surface area contributed by atoms with E-state index in [0.29, 0.717) is 15.9 Å². The lowest BCUT2D eigenvalue weighted by Gasteiger charge is -2.26. The molecule has 1 heterocycles. The third kappa shape index (κ3) is 3.38. The summed E-state index contributed by atoms with van der Waals surface area (Å²) >= 11 is 3.28. The maximum absolute atomic E-state index is 12.6. The molecule has 0 spiro atoms. The van der Waals surface area contributed by atoms with Crippen LogP contribution in [0.25, 0.3) is 0 Å². The first-order valence-corrected chi connectivity index (χ1v) is 7.38. The fraction of sp³-hybridized carbons (Fsp3) is 0.357. The van der Waals surface area contributed by atoms with E-state index < -0.39 is 18.4 Å². The molecule has 8 heteroatoms. The fourth-order valence-electron chi connectivity index (χ4n) is 2.05. The number of rotatable bonds is 4.